The third-order valence-corrected chi connectivity index (χ3v) is 4.53. The molecule has 0 aliphatic carbocycles. The van der Waals surface area contributed by atoms with Gasteiger partial charge >= 0.3 is 0 Å². The first-order valence-corrected chi connectivity index (χ1v) is 8.83. The molecule has 0 fully saturated rings. The van der Waals surface area contributed by atoms with E-state index >= 15 is 0 Å². The molecule has 0 aliphatic heterocycles. The average Bonchev–Trinajstić information content (AvgIpc) is 3.28. The van der Waals surface area contributed by atoms with Crippen molar-refractivity contribution in [2.24, 2.45) is 7.05 Å². The minimum atomic E-state index is 0.490. The van der Waals surface area contributed by atoms with Crippen LogP contribution in [0.4, 0.5) is 0 Å². The Morgan fingerprint density at radius 3 is 2.67 bits per heavy atom. The smallest absolute Gasteiger partial charge is 0.134 e. The van der Waals surface area contributed by atoms with E-state index in [0.717, 1.165) is 33.7 Å². The Morgan fingerprint density at radius 1 is 0.963 bits per heavy atom. The van der Waals surface area contributed by atoms with Gasteiger partial charge in [0.15, 0.2) is 0 Å². The van der Waals surface area contributed by atoms with Crippen molar-refractivity contribution in [1.82, 2.24) is 19.1 Å². The summed E-state index contributed by atoms with van der Waals surface area (Å²) in [4.78, 5) is 8.81. The molecular formula is C21H22N4O2. The van der Waals surface area contributed by atoms with Gasteiger partial charge < -0.3 is 14.0 Å². The zero-order valence-electron chi connectivity index (χ0n) is 15.5. The molecule has 2 aromatic heterocycles. The number of hydrogen-bond donors (Lipinski definition) is 0. The van der Waals surface area contributed by atoms with Crippen molar-refractivity contribution >= 4 is 11.0 Å². The molecule has 0 aliphatic rings. The van der Waals surface area contributed by atoms with E-state index in [-0.39, 0.29) is 0 Å². The Morgan fingerprint density at radius 2 is 1.85 bits per heavy atom. The van der Waals surface area contributed by atoms with Crippen LogP contribution in [0.5, 0.6) is 0 Å². The summed E-state index contributed by atoms with van der Waals surface area (Å²) in [7, 11) is 3.67. The van der Waals surface area contributed by atoms with Gasteiger partial charge in [-0.3, -0.25) is 4.57 Å². The molecule has 138 valence electrons. The van der Waals surface area contributed by atoms with Crippen LogP contribution in [0.25, 0.3) is 16.7 Å². The number of hydrogen-bond acceptors (Lipinski definition) is 4. The number of rotatable bonds is 7. The monoisotopic (exact) mass is 362 g/mol. The van der Waals surface area contributed by atoms with Crippen LogP contribution >= 0.6 is 0 Å². The van der Waals surface area contributed by atoms with Crippen LogP contribution in [-0.4, -0.2) is 26.2 Å². The van der Waals surface area contributed by atoms with E-state index in [4.69, 9.17) is 9.47 Å². The Labute approximate surface area is 158 Å². The molecule has 0 saturated carbocycles. The van der Waals surface area contributed by atoms with Crippen LogP contribution in [0, 0.1) is 0 Å². The predicted octanol–water partition coefficient (Wildman–Crippen LogP) is 3.62. The number of methoxy groups -OCH3 is 1. The predicted molar refractivity (Wildman–Crippen MR) is 103 cm³/mol. The lowest BCUT2D eigenvalue weighted by Gasteiger charge is -2.09. The maximum Gasteiger partial charge on any atom is 0.134 e. The summed E-state index contributed by atoms with van der Waals surface area (Å²) in [6.07, 6.45) is 5.55. The molecular weight excluding hydrogens is 340 g/mol. The highest BCUT2D eigenvalue weighted by Crippen LogP contribution is 2.21. The van der Waals surface area contributed by atoms with Crippen molar-refractivity contribution in [2.45, 2.75) is 19.8 Å². The Hall–Kier alpha value is -2.96. The number of aromatic nitrogens is 4. The molecule has 0 atom stereocenters. The van der Waals surface area contributed by atoms with Crippen LogP contribution < -0.4 is 0 Å². The quantitative estimate of drug-likeness (QED) is 0.504. The topological polar surface area (TPSA) is 54.1 Å². The van der Waals surface area contributed by atoms with Crippen molar-refractivity contribution in [3.8, 4) is 5.69 Å². The first-order chi connectivity index (χ1) is 13.2. The Kier molecular flexibility index (Phi) is 5.00. The van der Waals surface area contributed by atoms with Crippen molar-refractivity contribution < 1.29 is 9.47 Å². The van der Waals surface area contributed by atoms with Gasteiger partial charge in [0.2, 0.25) is 0 Å². The summed E-state index contributed by atoms with van der Waals surface area (Å²) in [5, 5.41) is 0. The first-order valence-electron chi connectivity index (χ1n) is 8.83. The van der Waals surface area contributed by atoms with Crippen LogP contribution in [0.15, 0.2) is 61.2 Å². The van der Waals surface area contributed by atoms with Gasteiger partial charge in [-0.1, -0.05) is 18.2 Å². The first kappa shape index (κ1) is 17.5. The van der Waals surface area contributed by atoms with Crippen LogP contribution in [0.3, 0.4) is 0 Å². The third kappa shape index (κ3) is 3.77. The number of nitrogens with zero attached hydrogens (tertiary/aromatic N) is 4. The second-order valence-corrected chi connectivity index (χ2v) is 6.49. The molecule has 6 heteroatoms. The zero-order chi connectivity index (χ0) is 18.6. The summed E-state index contributed by atoms with van der Waals surface area (Å²) in [6, 6.07) is 14.5. The van der Waals surface area contributed by atoms with Gasteiger partial charge in [-0.2, -0.15) is 0 Å². The highest BCUT2D eigenvalue weighted by molar-refractivity contribution is 5.78. The second kappa shape index (κ2) is 7.73. The summed E-state index contributed by atoms with van der Waals surface area (Å²) in [5.41, 5.74) is 5.32. The van der Waals surface area contributed by atoms with Crippen molar-refractivity contribution in [1.29, 1.82) is 0 Å². The molecule has 0 unspecified atom stereocenters. The lowest BCUT2D eigenvalue weighted by molar-refractivity contribution is 0.1000. The van der Waals surface area contributed by atoms with E-state index in [0.29, 0.717) is 19.8 Å². The summed E-state index contributed by atoms with van der Waals surface area (Å²) in [5.74, 6) is 0.915. The van der Waals surface area contributed by atoms with E-state index in [1.165, 1.54) is 0 Å². The van der Waals surface area contributed by atoms with Gasteiger partial charge in [0.1, 0.15) is 18.8 Å². The number of aryl methyl sites for hydroxylation is 1. The summed E-state index contributed by atoms with van der Waals surface area (Å²) in [6.45, 7) is 1.61. The summed E-state index contributed by atoms with van der Waals surface area (Å²) < 4.78 is 15.1. The maximum atomic E-state index is 5.83. The fourth-order valence-corrected chi connectivity index (χ4v) is 3.11. The highest BCUT2D eigenvalue weighted by atomic mass is 16.5. The summed E-state index contributed by atoms with van der Waals surface area (Å²) >= 11 is 0. The van der Waals surface area contributed by atoms with Gasteiger partial charge in [0, 0.05) is 32.2 Å². The normalized spacial score (nSPS) is 11.3. The number of benzene rings is 2. The molecule has 2 heterocycles. The molecule has 6 nitrogen and oxygen atoms in total. The van der Waals surface area contributed by atoms with E-state index in [1.54, 1.807) is 13.3 Å². The molecule has 2 aromatic carbocycles. The molecule has 0 radical (unpaired) electrons. The van der Waals surface area contributed by atoms with Crippen LogP contribution in [-0.2, 0) is 36.3 Å². The third-order valence-electron chi connectivity index (χ3n) is 4.53. The molecule has 4 aromatic rings. The van der Waals surface area contributed by atoms with E-state index in [9.17, 15) is 0 Å². The fraction of sp³-hybridized carbons (Fsp3) is 0.238. The van der Waals surface area contributed by atoms with Crippen molar-refractivity contribution in [3.63, 3.8) is 0 Å². The SMILES string of the molecule is COCc1ccc2c(c1)ncn2-c1cccc(COCc2nccn2C)c1. The second-order valence-electron chi connectivity index (χ2n) is 6.49. The lowest BCUT2D eigenvalue weighted by atomic mass is 10.2. The Balaban J connectivity index is 1.52. The number of fused-ring (bicyclic) bond motifs is 1. The van der Waals surface area contributed by atoms with Crippen LogP contribution in [0.2, 0.25) is 0 Å². The molecule has 0 spiro atoms. The molecule has 4 rings (SSSR count). The molecule has 0 saturated heterocycles. The minimum absolute atomic E-state index is 0.490. The van der Waals surface area contributed by atoms with Crippen LogP contribution in [0.1, 0.15) is 17.0 Å². The van der Waals surface area contributed by atoms with Gasteiger partial charge in [-0.05, 0) is 35.4 Å². The zero-order valence-corrected chi connectivity index (χ0v) is 15.5. The highest BCUT2D eigenvalue weighted by Gasteiger charge is 2.07. The van der Waals surface area contributed by atoms with Gasteiger partial charge in [0.25, 0.3) is 0 Å². The molecule has 0 amide bonds. The largest absolute Gasteiger partial charge is 0.380 e. The molecule has 27 heavy (non-hydrogen) atoms. The van der Waals surface area contributed by atoms with Crippen molar-refractivity contribution in [3.05, 3.63) is 78.1 Å². The van der Waals surface area contributed by atoms with E-state index in [1.807, 2.05) is 30.2 Å². The molecule has 0 bridgehead atoms. The fourth-order valence-electron chi connectivity index (χ4n) is 3.11. The Bertz CT molecular complexity index is 1050. The average molecular weight is 362 g/mol. The van der Waals surface area contributed by atoms with E-state index < -0.39 is 0 Å². The molecule has 0 N–H and O–H groups in total. The standard InChI is InChI=1S/C21H22N4O2/c1-24-9-8-22-21(24)14-27-13-16-4-3-5-18(10-16)25-15-23-19-11-17(12-26-2)6-7-20(19)25/h3-11,15H,12-14H2,1-2H3. The van der Waals surface area contributed by atoms with Gasteiger partial charge in [-0.15, -0.1) is 0 Å². The van der Waals surface area contributed by atoms with Gasteiger partial charge in [0.05, 0.1) is 24.2 Å². The van der Waals surface area contributed by atoms with Gasteiger partial charge in [-0.25, -0.2) is 9.97 Å². The van der Waals surface area contributed by atoms with Crippen molar-refractivity contribution in [2.75, 3.05) is 7.11 Å². The minimum Gasteiger partial charge on any atom is -0.380 e. The van der Waals surface area contributed by atoms with E-state index in [2.05, 4.69) is 50.9 Å². The lowest BCUT2D eigenvalue weighted by Crippen LogP contribution is -2.01. The maximum absolute atomic E-state index is 5.83. The number of imidazole rings is 2. The number of ether oxygens (including phenoxy) is 2.